The van der Waals surface area contributed by atoms with Gasteiger partial charge in [-0.2, -0.15) is 4.31 Å². The predicted molar refractivity (Wildman–Crippen MR) is 103 cm³/mol. The van der Waals surface area contributed by atoms with Gasteiger partial charge in [-0.3, -0.25) is 4.90 Å². The van der Waals surface area contributed by atoms with E-state index in [9.17, 15) is 8.42 Å². The lowest BCUT2D eigenvalue weighted by atomic mass is 9.87. The standard InChI is InChI=1S/C19H28N4O2S/c1-19(2,3)17-4-6-18(7-5-17)26(24,25)23-14-12-21(13-15-23)10-11-22-9-8-20-16-22/h4-9,16H,10-15H2,1-3H3. The normalized spacial score (nSPS) is 17.5. The Morgan fingerprint density at radius 1 is 1.00 bits per heavy atom. The van der Waals surface area contributed by atoms with Crippen LogP contribution in [0.5, 0.6) is 0 Å². The highest BCUT2D eigenvalue weighted by Gasteiger charge is 2.28. The molecule has 2 heterocycles. The Bertz CT molecular complexity index is 800. The number of piperazine rings is 1. The van der Waals surface area contributed by atoms with E-state index in [0.717, 1.165) is 31.7 Å². The molecule has 6 nitrogen and oxygen atoms in total. The Hall–Kier alpha value is -1.70. The second kappa shape index (κ2) is 7.50. The van der Waals surface area contributed by atoms with Crippen LogP contribution in [0.3, 0.4) is 0 Å². The Morgan fingerprint density at radius 2 is 1.65 bits per heavy atom. The van der Waals surface area contributed by atoms with Gasteiger partial charge in [0.15, 0.2) is 0 Å². The number of benzene rings is 1. The second-order valence-electron chi connectivity index (χ2n) is 7.82. The number of aromatic nitrogens is 2. The van der Waals surface area contributed by atoms with Crippen molar-refractivity contribution in [3.8, 4) is 0 Å². The molecule has 1 saturated heterocycles. The molecule has 142 valence electrons. The molecule has 1 aliphatic rings. The summed E-state index contributed by atoms with van der Waals surface area (Å²) < 4.78 is 29.4. The Balaban J connectivity index is 1.59. The van der Waals surface area contributed by atoms with Crippen molar-refractivity contribution < 1.29 is 8.42 Å². The minimum Gasteiger partial charge on any atom is -0.336 e. The minimum absolute atomic E-state index is 0.0170. The number of hydrogen-bond donors (Lipinski definition) is 0. The van der Waals surface area contributed by atoms with Crippen molar-refractivity contribution >= 4 is 10.0 Å². The zero-order valence-corrected chi connectivity index (χ0v) is 16.6. The monoisotopic (exact) mass is 376 g/mol. The summed E-state index contributed by atoms with van der Waals surface area (Å²) in [4.78, 5) is 6.73. The summed E-state index contributed by atoms with van der Waals surface area (Å²) in [7, 11) is -3.41. The van der Waals surface area contributed by atoms with E-state index in [1.54, 1.807) is 22.6 Å². The highest BCUT2D eigenvalue weighted by Crippen LogP contribution is 2.25. The Kier molecular flexibility index (Phi) is 5.50. The molecule has 0 N–H and O–H groups in total. The molecular formula is C19H28N4O2S. The van der Waals surface area contributed by atoms with Gasteiger partial charge in [0.05, 0.1) is 11.2 Å². The molecule has 2 aromatic rings. The Morgan fingerprint density at radius 3 is 2.19 bits per heavy atom. The van der Waals surface area contributed by atoms with Crippen LogP contribution in [0.4, 0.5) is 0 Å². The van der Waals surface area contributed by atoms with Crippen molar-refractivity contribution in [3.63, 3.8) is 0 Å². The van der Waals surface area contributed by atoms with Crippen LogP contribution in [0.1, 0.15) is 26.3 Å². The second-order valence-corrected chi connectivity index (χ2v) is 9.76. The van der Waals surface area contributed by atoms with Gasteiger partial charge >= 0.3 is 0 Å². The number of nitrogens with zero attached hydrogens (tertiary/aromatic N) is 4. The molecule has 7 heteroatoms. The molecule has 1 fully saturated rings. The van der Waals surface area contributed by atoms with E-state index in [-0.39, 0.29) is 5.41 Å². The molecule has 0 bridgehead atoms. The number of imidazole rings is 1. The van der Waals surface area contributed by atoms with Crippen LogP contribution in [-0.2, 0) is 22.0 Å². The SMILES string of the molecule is CC(C)(C)c1ccc(S(=O)(=O)N2CCN(CCn3ccnc3)CC2)cc1. The van der Waals surface area contributed by atoms with E-state index < -0.39 is 10.0 Å². The summed E-state index contributed by atoms with van der Waals surface area (Å²) in [5.41, 5.74) is 1.16. The molecular weight excluding hydrogens is 348 g/mol. The molecule has 0 aliphatic carbocycles. The van der Waals surface area contributed by atoms with Crippen LogP contribution in [0.2, 0.25) is 0 Å². The van der Waals surface area contributed by atoms with Gasteiger partial charge in [0, 0.05) is 51.7 Å². The van der Waals surface area contributed by atoms with Crippen LogP contribution >= 0.6 is 0 Å². The maximum Gasteiger partial charge on any atom is 0.243 e. The summed E-state index contributed by atoms with van der Waals surface area (Å²) >= 11 is 0. The van der Waals surface area contributed by atoms with Crippen molar-refractivity contribution in [2.45, 2.75) is 37.6 Å². The smallest absolute Gasteiger partial charge is 0.243 e. The Labute approximate surface area is 156 Å². The van der Waals surface area contributed by atoms with Gasteiger partial charge in [-0.05, 0) is 23.1 Å². The van der Waals surface area contributed by atoms with Crippen molar-refractivity contribution in [1.29, 1.82) is 0 Å². The van der Waals surface area contributed by atoms with E-state index in [0.29, 0.717) is 18.0 Å². The summed E-state index contributed by atoms with van der Waals surface area (Å²) in [5, 5.41) is 0. The van der Waals surface area contributed by atoms with Crippen LogP contribution in [0.25, 0.3) is 0 Å². The third-order valence-electron chi connectivity index (χ3n) is 4.92. The van der Waals surface area contributed by atoms with Gasteiger partial charge in [0.2, 0.25) is 10.0 Å². The molecule has 1 aromatic carbocycles. The van der Waals surface area contributed by atoms with Crippen LogP contribution in [0.15, 0.2) is 47.9 Å². The van der Waals surface area contributed by atoms with Gasteiger partial charge < -0.3 is 4.57 Å². The third kappa shape index (κ3) is 4.34. The average molecular weight is 377 g/mol. The van der Waals surface area contributed by atoms with Crippen LogP contribution < -0.4 is 0 Å². The average Bonchev–Trinajstić information content (AvgIpc) is 3.13. The molecule has 0 amide bonds. The van der Waals surface area contributed by atoms with E-state index in [4.69, 9.17) is 0 Å². The fourth-order valence-electron chi connectivity index (χ4n) is 3.15. The van der Waals surface area contributed by atoms with Crippen LogP contribution in [-0.4, -0.2) is 59.9 Å². The van der Waals surface area contributed by atoms with E-state index in [2.05, 4.69) is 30.7 Å². The topological polar surface area (TPSA) is 58.4 Å². The van der Waals surface area contributed by atoms with Crippen LogP contribution in [0, 0.1) is 0 Å². The third-order valence-corrected chi connectivity index (χ3v) is 6.84. The fraction of sp³-hybridized carbons (Fsp3) is 0.526. The first-order chi connectivity index (χ1) is 12.3. The fourth-order valence-corrected chi connectivity index (χ4v) is 4.57. The largest absolute Gasteiger partial charge is 0.336 e. The molecule has 1 aliphatic heterocycles. The van der Waals surface area contributed by atoms with E-state index in [1.165, 1.54) is 0 Å². The highest BCUT2D eigenvalue weighted by molar-refractivity contribution is 7.89. The molecule has 0 radical (unpaired) electrons. The van der Waals surface area contributed by atoms with Crippen molar-refractivity contribution in [3.05, 3.63) is 48.5 Å². The lowest BCUT2D eigenvalue weighted by Crippen LogP contribution is -2.49. The molecule has 0 spiro atoms. The summed E-state index contributed by atoms with van der Waals surface area (Å²) in [6, 6.07) is 7.32. The zero-order chi connectivity index (χ0) is 18.8. The zero-order valence-electron chi connectivity index (χ0n) is 15.8. The molecule has 0 saturated carbocycles. The lowest BCUT2D eigenvalue weighted by Gasteiger charge is -2.34. The number of sulfonamides is 1. The van der Waals surface area contributed by atoms with Gasteiger partial charge in [-0.1, -0.05) is 32.9 Å². The summed E-state index contributed by atoms with van der Waals surface area (Å²) in [6.45, 7) is 10.7. The van der Waals surface area contributed by atoms with Crippen molar-refractivity contribution in [2.24, 2.45) is 0 Å². The van der Waals surface area contributed by atoms with Crippen molar-refractivity contribution in [2.75, 3.05) is 32.7 Å². The van der Waals surface area contributed by atoms with Gasteiger partial charge in [-0.15, -0.1) is 0 Å². The summed E-state index contributed by atoms with van der Waals surface area (Å²) in [6.07, 6.45) is 5.53. The molecule has 0 unspecified atom stereocenters. The molecule has 3 rings (SSSR count). The maximum atomic E-state index is 12.9. The van der Waals surface area contributed by atoms with Crippen molar-refractivity contribution in [1.82, 2.24) is 18.8 Å². The number of hydrogen-bond acceptors (Lipinski definition) is 4. The van der Waals surface area contributed by atoms with E-state index in [1.807, 2.05) is 29.2 Å². The lowest BCUT2D eigenvalue weighted by molar-refractivity contribution is 0.183. The first-order valence-electron chi connectivity index (χ1n) is 9.05. The molecule has 26 heavy (non-hydrogen) atoms. The number of rotatable bonds is 5. The minimum atomic E-state index is -3.41. The van der Waals surface area contributed by atoms with E-state index >= 15 is 0 Å². The first-order valence-corrected chi connectivity index (χ1v) is 10.5. The quantitative estimate of drug-likeness (QED) is 0.803. The van der Waals surface area contributed by atoms with Gasteiger partial charge in [0.1, 0.15) is 0 Å². The predicted octanol–water partition coefficient (Wildman–Crippen LogP) is 2.19. The first kappa shape index (κ1) is 19.1. The molecule has 0 atom stereocenters. The molecule has 1 aromatic heterocycles. The highest BCUT2D eigenvalue weighted by atomic mass is 32.2. The summed E-state index contributed by atoms with van der Waals surface area (Å²) in [5.74, 6) is 0. The van der Waals surface area contributed by atoms with Gasteiger partial charge in [0.25, 0.3) is 0 Å². The van der Waals surface area contributed by atoms with Gasteiger partial charge in [-0.25, -0.2) is 13.4 Å². The maximum absolute atomic E-state index is 12.9.